The first-order valence-corrected chi connectivity index (χ1v) is 7.66. The Bertz CT molecular complexity index is 549. The largest absolute Gasteiger partial charge is 0.334 e. The van der Waals surface area contributed by atoms with Gasteiger partial charge in [-0.3, -0.25) is 4.90 Å². The van der Waals surface area contributed by atoms with Crippen LogP contribution in [0.1, 0.15) is 11.4 Å². The van der Waals surface area contributed by atoms with Crippen LogP contribution in [0.4, 0.5) is 0 Å². The van der Waals surface area contributed by atoms with Gasteiger partial charge in [0.2, 0.25) is 0 Å². The van der Waals surface area contributed by atoms with Crippen LogP contribution in [0.5, 0.6) is 0 Å². The summed E-state index contributed by atoms with van der Waals surface area (Å²) in [7, 11) is 0. The molecule has 1 aliphatic heterocycles. The quantitative estimate of drug-likeness (QED) is 0.861. The minimum absolute atomic E-state index is 0.616. The van der Waals surface area contributed by atoms with Gasteiger partial charge in [-0.2, -0.15) is 16.7 Å². The molecule has 1 aromatic carbocycles. The lowest BCUT2D eigenvalue weighted by Crippen LogP contribution is -2.32. The molecule has 2 heterocycles. The Morgan fingerprint density at radius 2 is 2.16 bits per heavy atom. The number of benzene rings is 1. The second kappa shape index (κ2) is 5.75. The van der Waals surface area contributed by atoms with Crippen molar-refractivity contribution in [3.63, 3.8) is 0 Å². The van der Waals surface area contributed by atoms with Crippen molar-refractivity contribution in [3.05, 3.63) is 35.7 Å². The van der Waals surface area contributed by atoms with E-state index in [9.17, 15) is 0 Å². The van der Waals surface area contributed by atoms with Gasteiger partial charge in [0, 0.05) is 30.2 Å². The van der Waals surface area contributed by atoms with Crippen LogP contribution in [-0.4, -0.2) is 39.6 Å². The lowest BCUT2D eigenvalue weighted by atomic mass is 10.1. The van der Waals surface area contributed by atoms with E-state index in [0.717, 1.165) is 31.0 Å². The van der Waals surface area contributed by atoms with Gasteiger partial charge in [-0.15, -0.1) is 0 Å². The highest BCUT2D eigenvalue weighted by Crippen LogP contribution is 2.19. The minimum Gasteiger partial charge on any atom is -0.334 e. The third-order valence-corrected chi connectivity index (χ3v) is 4.14. The lowest BCUT2D eigenvalue weighted by molar-refractivity contribution is 0.280. The van der Waals surface area contributed by atoms with Crippen LogP contribution in [0.2, 0.25) is 0 Å². The van der Waals surface area contributed by atoms with E-state index in [1.807, 2.05) is 23.9 Å². The van der Waals surface area contributed by atoms with Crippen molar-refractivity contribution in [2.45, 2.75) is 13.5 Å². The molecule has 100 valence electrons. The van der Waals surface area contributed by atoms with Crippen LogP contribution >= 0.6 is 11.8 Å². The molecule has 0 amide bonds. The molecule has 5 heteroatoms. The van der Waals surface area contributed by atoms with Crippen LogP contribution in [0.15, 0.2) is 28.8 Å². The van der Waals surface area contributed by atoms with Gasteiger partial charge in [0.15, 0.2) is 5.82 Å². The summed E-state index contributed by atoms with van der Waals surface area (Å²) in [6.45, 7) is 5.07. The Hall–Kier alpha value is -1.33. The van der Waals surface area contributed by atoms with Crippen molar-refractivity contribution >= 4 is 11.8 Å². The fraction of sp³-hybridized carbons (Fsp3) is 0.429. The third kappa shape index (κ3) is 3.16. The molecule has 0 radical (unpaired) electrons. The topological polar surface area (TPSA) is 42.2 Å². The zero-order valence-corrected chi connectivity index (χ0v) is 11.8. The third-order valence-electron chi connectivity index (χ3n) is 3.20. The molecule has 1 aliphatic rings. The molecule has 1 aromatic heterocycles. The molecule has 0 unspecified atom stereocenters. The molecule has 19 heavy (non-hydrogen) atoms. The highest BCUT2D eigenvalue weighted by Gasteiger charge is 2.15. The zero-order valence-electron chi connectivity index (χ0n) is 11.0. The first-order chi connectivity index (χ1) is 9.31. The monoisotopic (exact) mass is 275 g/mol. The Labute approximate surface area is 117 Å². The van der Waals surface area contributed by atoms with Gasteiger partial charge >= 0.3 is 0 Å². The number of thioether (sulfide) groups is 1. The first kappa shape index (κ1) is 12.7. The van der Waals surface area contributed by atoms with Crippen molar-refractivity contribution < 1.29 is 4.52 Å². The number of hydrogen-bond donors (Lipinski definition) is 0. The Balaban J connectivity index is 1.72. The van der Waals surface area contributed by atoms with Crippen LogP contribution in [0.25, 0.3) is 11.5 Å². The van der Waals surface area contributed by atoms with Crippen molar-refractivity contribution in [1.82, 2.24) is 15.0 Å². The molecule has 1 fully saturated rings. The standard InChI is InChI=1S/C14H17N3OS/c1-11-3-2-4-12(9-11)14-15-13(16-18-14)10-17-5-7-19-8-6-17/h2-4,9H,5-8,10H2,1H3. The summed E-state index contributed by atoms with van der Waals surface area (Å²) in [5.41, 5.74) is 2.19. The number of nitrogens with zero attached hydrogens (tertiary/aromatic N) is 3. The van der Waals surface area contributed by atoms with Crippen molar-refractivity contribution in [2.24, 2.45) is 0 Å². The molecule has 3 rings (SSSR count). The summed E-state index contributed by atoms with van der Waals surface area (Å²) in [5, 5.41) is 4.08. The number of aryl methyl sites for hydroxylation is 1. The number of rotatable bonds is 3. The number of aromatic nitrogens is 2. The SMILES string of the molecule is Cc1cccc(-c2nc(CN3CCSCC3)no2)c1. The number of hydrogen-bond acceptors (Lipinski definition) is 5. The molecular formula is C14H17N3OS. The molecule has 2 aromatic rings. The van der Waals surface area contributed by atoms with E-state index in [-0.39, 0.29) is 0 Å². The van der Waals surface area contributed by atoms with Crippen LogP contribution in [0, 0.1) is 6.92 Å². The average molecular weight is 275 g/mol. The van der Waals surface area contributed by atoms with Gasteiger partial charge in [0.05, 0.1) is 6.54 Å². The second-order valence-corrected chi connectivity index (χ2v) is 6.00. The first-order valence-electron chi connectivity index (χ1n) is 6.51. The lowest BCUT2D eigenvalue weighted by Gasteiger charge is -2.24. The van der Waals surface area contributed by atoms with E-state index in [1.165, 1.54) is 17.1 Å². The van der Waals surface area contributed by atoms with Gasteiger partial charge in [0.1, 0.15) is 0 Å². The van der Waals surface area contributed by atoms with Crippen molar-refractivity contribution in [3.8, 4) is 11.5 Å². The fourth-order valence-corrected chi connectivity index (χ4v) is 3.15. The van der Waals surface area contributed by atoms with Gasteiger partial charge < -0.3 is 4.52 Å². The molecular weight excluding hydrogens is 258 g/mol. The Kier molecular flexibility index (Phi) is 3.84. The predicted molar refractivity (Wildman–Crippen MR) is 77.1 cm³/mol. The summed E-state index contributed by atoms with van der Waals surface area (Å²) in [4.78, 5) is 6.87. The van der Waals surface area contributed by atoms with Gasteiger partial charge in [0.25, 0.3) is 5.89 Å². The smallest absolute Gasteiger partial charge is 0.257 e. The van der Waals surface area contributed by atoms with Crippen molar-refractivity contribution in [2.75, 3.05) is 24.6 Å². The minimum atomic E-state index is 0.616. The molecule has 0 atom stereocenters. The summed E-state index contributed by atoms with van der Waals surface area (Å²) < 4.78 is 5.35. The van der Waals surface area contributed by atoms with Crippen LogP contribution in [0.3, 0.4) is 0 Å². The average Bonchev–Trinajstić information content (AvgIpc) is 2.88. The molecule has 0 saturated carbocycles. The van der Waals surface area contributed by atoms with E-state index in [1.54, 1.807) is 0 Å². The summed E-state index contributed by atoms with van der Waals surface area (Å²) in [6.07, 6.45) is 0. The van der Waals surface area contributed by atoms with Gasteiger partial charge in [-0.05, 0) is 19.1 Å². The second-order valence-electron chi connectivity index (χ2n) is 4.77. The summed E-state index contributed by atoms with van der Waals surface area (Å²) in [6, 6.07) is 8.14. The summed E-state index contributed by atoms with van der Waals surface area (Å²) in [5.74, 6) is 3.79. The van der Waals surface area contributed by atoms with E-state index in [2.05, 4.69) is 34.1 Å². The zero-order chi connectivity index (χ0) is 13.1. The molecule has 0 spiro atoms. The Morgan fingerprint density at radius 3 is 2.95 bits per heavy atom. The van der Waals surface area contributed by atoms with E-state index >= 15 is 0 Å². The maximum absolute atomic E-state index is 5.35. The summed E-state index contributed by atoms with van der Waals surface area (Å²) >= 11 is 2.01. The maximum atomic E-state index is 5.35. The van der Waals surface area contributed by atoms with Gasteiger partial charge in [-0.1, -0.05) is 22.9 Å². The van der Waals surface area contributed by atoms with E-state index < -0.39 is 0 Å². The Morgan fingerprint density at radius 1 is 1.32 bits per heavy atom. The normalized spacial score (nSPS) is 16.7. The highest BCUT2D eigenvalue weighted by atomic mass is 32.2. The van der Waals surface area contributed by atoms with E-state index in [4.69, 9.17) is 4.52 Å². The van der Waals surface area contributed by atoms with Gasteiger partial charge in [-0.25, -0.2) is 0 Å². The molecule has 1 saturated heterocycles. The fourth-order valence-electron chi connectivity index (χ4n) is 2.17. The molecule has 0 N–H and O–H groups in total. The molecule has 0 aliphatic carbocycles. The molecule has 4 nitrogen and oxygen atoms in total. The highest BCUT2D eigenvalue weighted by molar-refractivity contribution is 7.99. The molecule has 0 bridgehead atoms. The predicted octanol–water partition coefficient (Wildman–Crippen LogP) is 2.59. The van der Waals surface area contributed by atoms with Crippen molar-refractivity contribution in [1.29, 1.82) is 0 Å². The van der Waals surface area contributed by atoms with Crippen LogP contribution < -0.4 is 0 Å². The van der Waals surface area contributed by atoms with E-state index in [0.29, 0.717) is 5.89 Å². The van der Waals surface area contributed by atoms with Crippen LogP contribution in [-0.2, 0) is 6.54 Å². The maximum Gasteiger partial charge on any atom is 0.257 e.